The smallest absolute Gasteiger partial charge is 0.303 e. The van der Waals surface area contributed by atoms with Gasteiger partial charge in [-0.15, -0.1) is 0 Å². The van der Waals surface area contributed by atoms with Crippen molar-refractivity contribution in [1.82, 2.24) is 69.1 Å². The van der Waals surface area contributed by atoms with Crippen molar-refractivity contribution in [3.05, 3.63) is 0 Å². The molecule has 0 aliphatic rings. The molecule has 0 bridgehead atoms. The number of hydrogen-bond donors (Lipinski definition) is 30. The predicted octanol–water partition coefficient (Wildman–Crippen LogP) is -12.3. The molecule has 45 N–H and O–H groups in total. The Labute approximate surface area is 713 Å². The third kappa shape index (κ3) is 54.4. The van der Waals surface area contributed by atoms with Gasteiger partial charge in [0.05, 0.1) is 13.2 Å². The van der Waals surface area contributed by atoms with Crippen molar-refractivity contribution in [3.8, 4) is 0 Å². The first-order valence-corrected chi connectivity index (χ1v) is 40.6. The maximum atomic E-state index is 14.9. The van der Waals surface area contributed by atoms with E-state index in [1.54, 1.807) is 6.92 Å². The molecule has 0 aliphatic heterocycles. The molecular formula is C71H136N34O18. The number of nitrogens with zero attached hydrogens (tertiary/aromatic N) is 6. The van der Waals surface area contributed by atoms with Crippen LogP contribution in [0.3, 0.4) is 0 Å². The summed E-state index contributed by atoms with van der Waals surface area (Å²) in [5, 5.41) is 52.1. The Balaban J connectivity index is 7.78. The number of amides is 13. The zero-order chi connectivity index (χ0) is 92.8. The Bertz CT molecular complexity index is 3510. The number of hydrogen-bond acceptors (Lipinski definition) is 25. The molecule has 52 nitrogen and oxygen atoms in total. The fourth-order valence-corrected chi connectivity index (χ4v) is 11.6. The van der Waals surface area contributed by atoms with Gasteiger partial charge in [-0.3, -0.25) is 102 Å². The van der Waals surface area contributed by atoms with Crippen molar-refractivity contribution in [1.29, 1.82) is 0 Å². The maximum absolute atomic E-state index is 14.9. The summed E-state index contributed by atoms with van der Waals surface area (Å²) >= 11 is 0. The Kier molecular flexibility index (Phi) is 58.7. The van der Waals surface area contributed by atoms with E-state index in [2.05, 4.69) is 99.1 Å². The number of unbranched alkanes of at least 4 members (excludes halogenated alkanes) is 2. The predicted molar refractivity (Wildman–Crippen MR) is 457 cm³/mol. The molecule has 0 rings (SSSR count). The van der Waals surface area contributed by atoms with Gasteiger partial charge in [0.25, 0.3) is 0 Å². The molecule has 0 aromatic rings. The van der Waals surface area contributed by atoms with Crippen LogP contribution in [0, 0.1) is 0 Å². The molecule has 0 saturated carbocycles. The average Bonchev–Trinajstić information content (AvgIpc) is 0.859. The fourth-order valence-electron chi connectivity index (χ4n) is 11.6. The van der Waals surface area contributed by atoms with E-state index in [1.807, 2.05) is 0 Å². The SMILES string of the molecule is CCOCCNC(=O)C(CCC(=O)O)NC(=O)[C@@H](CCC(=O)O)NC(=O)CNC(=O)[C@@H](CCCN=C(N)N)NC(=O)C(CCCN=C(N)N)NC(=O)[C@@H](CCCN=C(N)N)NC(=O)C(CCCN)NC(=O)[C@@H](CCCN=C(N)N)NC(=O)C(CCCN=C(N)N)NC(=O)[C@@H](CCCCN)NC(=O)C(CCCCN)NC(=O)[C@@H](CCCN=C(N)N)NC(C)=O. The van der Waals surface area contributed by atoms with E-state index in [-0.39, 0.29) is 217 Å². The molecule has 698 valence electrons. The minimum Gasteiger partial charge on any atom is -0.481 e. The molecule has 0 fully saturated rings. The van der Waals surface area contributed by atoms with Crippen LogP contribution in [0.25, 0.3) is 0 Å². The lowest BCUT2D eigenvalue weighted by Crippen LogP contribution is -2.60. The second-order valence-electron chi connectivity index (χ2n) is 28.2. The van der Waals surface area contributed by atoms with Crippen molar-refractivity contribution in [2.45, 2.75) is 234 Å². The molecule has 0 heterocycles. The molecule has 0 radical (unpaired) electrons. The number of aliphatic carboxylic acids is 2. The second kappa shape index (κ2) is 65.3. The number of carbonyl (C=O) groups is 15. The van der Waals surface area contributed by atoms with Crippen LogP contribution >= 0.6 is 0 Å². The van der Waals surface area contributed by atoms with E-state index in [4.69, 9.17) is 90.7 Å². The van der Waals surface area contributed by atoms with Gasteiger partial charge in [0, 0.05) is 72.2 Å². The normalized spacial score (nSPS) is 13.4. The van der Waals surface area contributed by atoms with Gasteiger partial charge in [-0.25, -0.2) is 0 Å². The first kappa shape index (κ1) is 111. The molecule has 0 spiro atoms. The number of carboxylic acid groups (broad SMARTS) is 2. The van der Waals surface area contributed by atoms with E-state index in [1.165, 1.54) is 6.92 Å². The molecule has 0 saturated heterocycles. The van der Waals surface area contributed by atoms with Crippen molar-refractivity contribution in [3.63, 3.8) is 0 Å². The third-order valence-electron chi connectivity index (χ3n) is 17.8. The van der Waals surface area contributed by atoms with E-state index < -0.39 is 187 Å². The second-order valence-corrected chi connectivity index (χ2v) is 28.2. The van der Waals surface area contributed by atoms with Gasteiger partial charge in [0.2, 0.25) is 76.8 Å². The topological polar surface area (TPSA) is 927 Å². The highest BCUT2D eigenvalue weighted by molar-refractivity contribution is 6.00. The van der Waals surface area contributed by atoms with Gasteiger partial charge in [-0.2, -0.15) is 0 Å². The summed E-state index contributed by atoms with van der Waals surface area (Å²) < 4.78 is 5.21. The molecule has 123 heavy (non-hydrogen) atoms. The Morgan fingerprint density at radius 2 is 0.504 bits per heavy atom. The van der Waals surface area contributed by atoms with Crippen LogP contribution in [0.2, 0.25) is 0 Å². The summed E-state index contributed by atoms with van der Waals surface area (Å²) in [7, 11) is 0. The summed E-state index contributed by atoms with van der Waals surface area (Å²) in [4.78, 5) is 231. The zero-order valence-corrected chi connectivity index (χ0v) is 70.3. The number of carbonyl (C=O) groups excluding carboxylic acids is 13. The molecule has 11 atom stereocenters. The lowest BCUT2D eigenvalue weighted by Gasteiger charge is -2.28. The van der Waals surface area contributed by atoms with Crippen molar-refractivity contribution in [2.24, 2.45) is 116 Å². The van der Waals surface area contributed by atoms with Crippen LogP contribution in [-0.4, -0.2) is 286 Å². The van der Waals surface area contributed by atoms with Gasteiger partial charge in [0.1, 0.15) is 66.5 Å². The van der Waals surface area contributed by atoms with Gasteiger partial charge >= 0.3 is 11.9 Å². The fraction of sp³-hybridized carbons (Fsp3) is 0.704. The van der Waals surface area contributed by atoms with Gasteiger partial charge in [-0.1, -0.05) is 0 Å². The maximum Gasteiger partial charge on any atom is 0.303 e. The van der Waals surface area contributed by atoms with Crippen LogP contribution in [0.5, 0.6) is 0 Å². The van der Waals surface area contributed by atoms with Crippen molar-refractivity contribution >= 4 is 124 Å². The first-order chi connectivity index (χ1) is 58.3. The minimum atomic E-state index is -1.67. The largest absolute Gasteiger partial charge is 0.481 e. The van der Waals surface area contributed by atoms with Crippen LogP contribution in [0.4, 0.5) is 0 Å². The first-order valence-electron chi connectivity index (χ1n) is 40.6. The molecule has 52 heteroatoms. The molecule has 13 amide bonds. The molecule has 0 aliphatic carbocycles. The third-order valence-corrected chi connectivity index (χ3v) is 17.8. The van der Waals surface area contributed by atoms with Crippen LogP contribution in [0.15, 0.2) is 30.0 Å². The monoisotopic (exact) mass is 1750 g/mol. The summed E-state index contributed by atoms with van der Waals surface area (Å²) in [6.07, 6.45) is -1.99. The van der Waals surface area contributed by atoms with Crippen LogP contribution in [-0.2, 0) is 76.7 Å². The number of ether oxygens (including phenoxy) is 1. The zero-order valence-electron chi connectivity index (χ0n) is 70.3. The average molecular weight is 1750 g/mol. The van der Waals surface area contributed by atoms with Gasteiger partial charge < -0.3 is 170 Å². The summed E-state index contributed by atoms with van der Waals surface area (Å²) in [6, 6.07) is -16.5. The quantitative estimate of drug-likeness (QED) is 0.0153. The van der Waals surface area contributed by atoms with E-state index >= 15 is 0 Å². The number of aliphatic imine (C=N–C) groups is 6. The number of guanidine groups is 6. The molecule has 5 unspecified atom stereocenters. The standard InChI is InChI=1S/C71H136N34O18/c1-3-123-38-37-87-55(112)50(24-26-53(108)109)105-65(122)51(25-27-54(110)111)96-52(107)39-94-56(113)41(18-9-31-88-66(75)76)97-61(118)46(20-11-33-90-68(79)80)103-64(121)49(23-14-36-93-71(85)86)102-60(117)45(17-8-30-74)100-62(119)47(21-12-34-91-69(81)82)104-63(120)48(22-13-35-92-70(83)84)101-59(116)44(16-5-7-29-73)99-58(115)43(15-4-6-28-72)98-57(114)42(95-40(2)106)19-10-32-89-67(77)78/h41-51H,3-39,72-74H2,1-2H3,(H,87,112)(H,94,113)(H,95,106)(H,96,107)(H,97,118)(H,98,114)(H,99,115)(H,100,119)(H,101,116)(H,102,117)(H,103,121)(H,104,120)(H,105,122)(H,108,109)(H,110,111)(H4,75,76,88)(H4,77,78,89)(H4,79,80,90)(H4,81,82,91)(H4,83,84,92)(H4,85,86,93)/t41-,42-,43?,44-,45?,46?,47-,48?,49-,50?,51-/m1/s1. The number of rotatable bonds is 69. The minimum absolute atomic E-state index is 0.0000340. The summed E-state index contributed by atoms with van der Waals surface area (Å²) in [5.41, 5.74) is 84.6. The Morgan fingerprint density at radius 1 is 0.285 bits per heavy atom. The molecule has 0 aromatic carbocycles. The van der Waals surface area contributed by atoms with E-state index in [0.29, 0.717) is 25.9 Å². The van der Waals surface area contributed by atoms with E-state index in [9.17, 15) is 82.1 Å². The molecular weight excluding hydrogens is 1620 g/mol. The van der Waals surface area contributed by atoms with Crippen molar-refractivity contribution < 1.29 is 86.9 Å². The lowest BCUT2D eigenvalue weighted by molar-refractivity contribution is -0.139. The summed E-state index contributed by atoms with van der Waals surface area (Å²) in [6.45, 7) is 2.33. The highest BCUT2D eigenvalue weighted by Crippen LogP contribution is 2.14. The number of nitrogens with one attached hydrogen (secondary N) is 13. The van der Waals surface area contributed by atoms with Crippen LogP contribution in [0.1, 0.15) is 168 Å². The van der Waals surface area contributed by atoms with E-state index in [0.717, 1.165) is 0 Å². The number of nitrogens with two attached hydrogens (primary N) is 15. The lowest BCUT2D eigenvalue weighted by atomic mass is 10.0. The highest BCUT2D eigenvalue weighted by Gasteiger charge is 2.37. The Morgan fingerprint density at radius 3 is 0.740 bits per heavy atom. The van der Waals surface area contributed by atoms with Crippen LogP contribution < -0.4 is 155 Å². The molecule has 0 aromatic heterocycles. The highest BCUT2D eigenvalue weighted by atomic mass is 16.5. The van der Waals surface area contributed by atoms with Gasteiger partial charge in [0.15, 0.2) is 35.8 Å². The van der Waals surface area contributed by atoms with Crippen molar-refractivity contribution in [2.75, 3.05) is 85.2 Å². The summed E-state index contributed by atoms with van der Waals surface area (Å²) in [5.74, 6) is -16.6. The Hall–Kier alpha value is -12.5. The number of carboxylic acids is 2. The van der Waals surface area contributed by atoms with Gasteiger partial charge in [-0.05, 0) is 168 Å².